The van der Waals surface area contributed by atoms with Crippen LogP contribution < -0.4 is 20.5 Å². The van der Waals surface area contributed by atoms with Crippen LogP contribution in [0.5, 0.6) is 11.5 Å². The van der Waals surface area contributed by atoms with Crippen molar-refractivity contribution in [3.8, 4) is 11.5 Å². The third kappa shape index (κ3) is 2.93. The first-order chi connectivity index (χ1) is 11.5. The molecule has 0 aliphatic rings. The Morgan fingerprint density at radius 2 is 1.83 bits per heavy atom. The Balaban J connectivity index is 1.90. The van der Waals surface area contributed by atoms with E-state index in [4.69, 9.17) is 21.1 Å². The second-order valence-corrected chi connectivity index (χ2v) is 5.39. The van der Waals surface area contributed by atoms with Gasteiger partial charge in [0.15, 0.2) is 11.5 Å². The summed E-state index contributed by atoms with van der Waals surface area (Å²) in [6.45, 7) is 0. The molecule has 0 saturated carbocycles. The number of aromatic amines is 2. The molecule has 0 fully saturated rings. The summed E-state index contributed by atoms with van der Waals surface area (Å²) < 4.78 is 10.3. The largest absolute Gasteiger partial charge is 0.493 e. The van der Waals surface area contributed by atoms with Crippen molar-refractivity contribution >= 4 is 34.2 Å². The van der Waals surface area contributed by atoms with Crippen LogP contribution in [0.1, 0.15) is 10.4 Å². The summed E-state index contributed by atoms with van der Waals surface area (Å²) in [5, 5.41) is 3.02. The van der Waals surface area contributed by atoms with E-state index in [1.54, 1.807) is 18.2 Å². The monoisotopic (exact) mass is 347 g/mol. The number of anilines is 1. The van der Waals surface area contributed by atoms with Gasteiger partial charge in [0.2, 0.25) is 0 Å². The second kappa shape index (κ2) is 6.29. The number of nitrogens with one attached hydrogen (secondary N) is 3. The molecule has 24 heavy (non-hydrogen) atoms. The number of methoxy groups -OCH3 is 2. The zero-order chi connectivity index (χ0) is 17.3. The van der Waals surface area contributed by atoms with Gasteiger partial charge >= 0.3 is 5.69 Å². The van der Waals surface area contributed by atoms with Gasteiger partial charge in [-0.15, -0.1) is 0 Å². The number of ether oxygens (including phenoxy) is 2. The first-order valence-electron chi connectivity index (χ1n) is 6.96. The number of benzene rings is 2. The minimum Gasteiger partial charge on any atom is -0.493 e. The maximum absolute atomic E-state index is 12.4. The van der Waals surface area contributed by atoms with Gasteiger partial charge in [-0.05, 0) is 30.3 Å². The number of H-pyrrole nitrogens is 2. The van der Waals surface area contributed by atoms with E-state index in [-0.39, 0.29) is 16.6 Å². The van der Waals surface area contributed by atoms with Crippen LogP contribution in [0, 0.1) is 0 Å². The number of fused-ring (bicyclic) bond motifs is 1. The van der Waals surface area contributed by atoms with E-state index in [1.165, 1.54) is 26.4 Å². The van der Waals surface area contributed by atoms with E-state index < -0.39 is 0 Å². The van der Waals surface area contributed by atoms with E-state index in [0.717, 1.165) is 0 Å². The van der Waals surface area contributed by atoms with E-state index >= 15 is 0 Å². The van der Waals surface area contributed by atoms with Gasteiger partial charge in [-0.3, -0.25) is 4.79 Å². The maximum Gasteiger partial charge on any atom is 0.323 e. The molecule has 3 aromatic rings. The van der Waals surface area contributed by atoms with Crippen LogP contribution in [0.25, 0.3) is 11.0 Å². The van der Waals surface area contributed by atoms with Crippen LogP contribution in [-0.2, 0) is 0 Å². The van der Waals surface area contributed by atoms with Crippen molar-refractivity contribution in [3.63, 3.8) is 0 Å². The predicted octanol–water partition coefficient (Wildman–Crippen LogP) is 2.78. The highest BCUT2D eigenvalue weighted by Crippen LogP contribution is 2.36. The minimum atomic E-state index is -0.366. The first-order valence-corrected chi connectivity index (χ1v) is 7.34. The lowest BCUT2D eigenvalue weighted by atomic mass is 10.1. The average Bonchev–Trinajstić information content (AvgIpc) is 2.93. The summed E-state index contributed by atoms with van der Waals surface area (Å²) in [4.78, 5) is 29.0. The van der Waals surface area contributed by atoms with E-state index in [9.17, 15) is 9.59 Å². The van der Waals surface area contributed by atoms with Crippen molar-refractivity contribution < 1.29 is 14.3 Å². The first kappa shape index (κ1) is 15.9. The van der Waals surface area contributed by atoms with E-state index in [1.807, 2.05) is 0 Å². The Bertz CT molecular complexity index is 977. The standard InChI is InChI=1S/C16H14ClN3O4/c1-23-13-6-8(5-10(17)14(13)24-2)15(21)18-9-3-4-11-12(7-9)20-16(22)19-11/h3-7H,1-2H3,(H,18,21)(H2,19,20,22). The van der Waals surface area contributed by atoms with Crippen LogP contribution in [0.3, 0.4) is 0 Å². The fourth-order valence-electron chi connectivity index (χ4n) is 2.36. The normalized spacial score (nSPS) is 10.6. The summed E-state index contributed by atoms with van der Waals surface area (Å²) in [5.74, 6) is 0.359. The van der Waals surface area contributed by atoms with Gasteiger partial charge in [0.1, 0.15) is 0 Å². The molecule has 0 aliphatic carbocycles. The molecule has 7 nitrogen and oxygen atoms in total. The zero-order valence-corrected chi connectivity index (χ0v) is 13.7. The smallest absolute Gasteiger partial charge is 0.323 e. The second-order valence-electron chi connectivity index (χ2n) is 4.99. The summed E-state index contributed by atoms with van der Waals surface area (Å²) in [7, 11) is 2.93. The van der Waals surface area contributed by atoms with Crippen molar-refractivity contribution in [2.45, 2.75) is 0 Å². The molecule has 0 radical (unpaired) electrons. The van der Waals surface area contributed by atoms with Gasteiger partial charge in [-0.1, -0.05) is 11.6 Å². The van der Waals surface area contributed by atoms with Crippen molar-refractivity contribution in [1.82, 2.24) is 9.97 Å². The number of carbonyl (C=O) groups is 1. The maximum atomic E-state index is 12.4. The van der Waals surface area contributed by atoms with Crippen LogP contribution in [0.15, 0.2) is 35.1 Å². The minimum absolute atomic E-state index is 0.271. The van der Waals surface area contributed by atoms with E-state index in [2.05, 4.69) is 15.3 Å². The molecule has 124 valence electrons. The highest BCUT2D eigenvalue weighted by Gasteiger charge is 2.15. The van der Waals surface area contributed by atoms with Crippen LogP contribution in [-0.4, -0.2) is 30.1 Å². The third-order valence-electron chi connectivity index (χ3n) is 3.47. The molecule has 0 saturated heterocycles. The lowest BCUT2D eigenvalue weighted by molar-refractivity contribution is 0.102. The summed E-state index contributed by atoms with van der Waals surface area (Å²) in [5.41, 5.74) is 1.81. The number of aromatic nitrogens is 2. The number of hydrogen-bond donors (Lipinski definition) is 3. The predicted molar refractivity (Wildman–Crippen MR) is 91.4 cm³/mol. The topological polar surface area (TPSA) is 96.2 Å². The fourth-order valence-corrected chi connectivity index (χ4v) is 2.65. The lowest BCUT2D eigenvalue weighted by Gasteiger charge is -2.12. The molecule has 3 N–H and O–H groups in total. The quantitative estimate of drug-likeness (QED) is 0.676. The van der Waals surface area contributed by atoms with Gasteiger partial charge in [-0.25, -0.2) is 4.79 Å². The molecular formula is C16H14ClN3O4. The lowest BCUT2D eigenvalue weighted by Crippen LogP contribution is -2.12. The number of amides is 1. The van der Waals surface area contributed by atoms with Gasteiger partial charge in [0.25, 0.3) is 5.91 Å². The summed E-state index contributed by atoms with van der Waals surface area (Å²) >= 11 is 6.11. The molecule has 0 spiro atoms. The Hall–Kier alpha value is -2.93. The van der Waals surface area contributed by atoms with Gasteiger partial charge < -0.3 is 24.8 Å². The van der Waals surface area contributed by atoms with Gasteiger partial charge in [0, 0.05) is 11.3 Å². The molecular weight excluding hydrogens is 334 g/mol. The molecule has 2 aromatic carbocycles. The highest BCUT2D eigenvalue weighted by molar-refractivity contribution is 6.32. The molecule has 0 atom stereocenters. The van der Waals surface area contributed by atoms with Gasteiger partial charge in [-0.2, -0.15) is 0 Å². The van der Waals surface area contributed by atoms with Crippen LogP contribution in [0.4, 0.5) is 5.69 Å². The Morgan fingerprint density at radius 1 is 1.08 bits per heavy atom. The molecule has 0 aliphatic heterocycles. The van der Waals surface area contributed by atoms with E-state index in [0.29, 0.717) is 33.8 Å². The molecule has 1 heterocycles. The molecule has 3 rings (SSSR count). The molecule has 1 aromatic heterocycles. The Morgan fingerprint density at radius 3 is 2.54 bits per heavy atom. The SMILES string of the molecule is COc1cc(C(=O)Nc2ccc3[nH]c(=O)[nH]c3c2)cc(Cl)c1OC. The molecule has 0 bridgehead atoms. The van der Waals surface area contributed by atoms with Crippen molar-refractivity contribution in [2.24, 2.45) is 0 Å². The molecule has 0 unspecified atom stereocenters. The number of halogens is 1. The van der Waals surface area contributed by atoms with Crippen molar-refractivity contribution in [2.75, 3.05) is 19.5 Å². The van der Waals surface area contributed by atoms with Crippen LogP contribution in [0.2, 0.25) is 5.02 Å². The van der Waals surface area contributed by atoms with Crippen molar-refractivity contribution in [3.05, 3.63) is 51.4 Å². The average molecular weight is 348 g/mol. The highest BCUT2D eigenvalue weighted by atomic mass is 35.5. The zero-order valence-electron chi connectivity index (χ0n) is 12.9. The summed E-state index contributed by atoms with van der Waals surface area (Å²) in [6.07, 6.45) is 0. The summed E-state index contributed by atoms with van der Waals surface area (Å²) in [6, 6.07) is 8.08. The molecule has 8 heteroatoms. The number of rotatable bonds is 4. The third-order valence-corrected chi connectivity index (χ3v) is 3.75. The number of hydrogen-bond acceptors (Lipinski definition) is 4. The van der Waals surface area contributed by atoms with Crippen molar-refractivity contribution in [1.29, 1.82) is 0 Å². The number of carbonyl (C=O) groups excluding carboxylic acids is 1. The Labute approximate surface area is 141 Å². The Kier molecular flexibility index (Phi) is 4.18. The van der Waals surface area contributed by atoms with Gasteiger partial charge in [0.05, 0.1) is 30.3 Å². The molecule has 1 amide bonds. The number of imidazole rings is 1. The van der Waals surface area contributed by atoms with Crippen LogP contribution >= 0.6 is 11.6 Å². The fraction of sp³-hybridized carbons (Fsp3) is 0.125.